The molecule has 1 rings (SSSR count). The van der Waals surface area contributed by atoms with E-state index in [0.29, 0.717) is 0 Å². The molecule has 1 N–H and O–H groups in total. The van der Waals surface area contributed by atoms with Crippen molar-refractivity contribution >= 4 is 5.97 Å². The first-order valence-electron chi connectivity index (χ1n) is 2.95. The second-order valence-corrected chi connectivity index (χ2v) is 1.86. The van der Waals surface area contributed by atoms with Crippen molar-refractivity contribution in [3.05, 3.63) is 17.8 Å². The van der Waals surface area contributed by atoms with Crippen LogP contribution in [0, 0.1) is 5.82 Å². The summed E-state index contributed by atoms with van der Waals surface area (Å²) in [6.45, 7) is 0. The van der Waals surface area contributed by atoms with Crippen molar-refractivity contribution in [2.75, 3.05) is 7.11 Å². The third-order valence-electron chi connectivity index (χ3n) is 1.10. The molecule has 0 bridgehead atoms. The Morgan fingerprint density at radius 3 is 2.92 bits per heavy atom. The highest BCUT2D eigenvalue weighted by atomic mass is 19.1. The number of ether oxygens (including phenoxy) is 1. The van der Waals surface area contributed by atoms with E-state index < -0.39 is 17.6 Å². The minimum absolute atomic E-state index is 0.373. The minimum Gasteiger partial charge on any atom is -0.479 e. The van der Waals surface area contributed by atoms with E-state index in [1.54, 1.807) is 0 Å². The highest BCUT2D eigenvalue weighted by Crippen LogP contribution is 2.10. The van der Waals surface area contributed by atoms with E-state index in [2.05, 4.69) is 14.7 Å². The molecule has 0 saturated heterocycles. The molecular weight excluding hydrogens is 167 g/mol. The first kappa shape index (κ1) is 8.38. The molecule has 0 fully saturated rings. The summed E-state index contributed by atoms with van der Waals surface area (Å²) in [6.07, 6.45) is 0.745. The maximum Gasteiger partial charge on any atom is 0.374 e. The number of hydrogen-bond acceptors (Lipinski definition) is 4. The average Bonchev–Trinajstić information content (AvgIpc) is 2.05. The predicted molar refractivity (Wildman–Crippen MR) is 35.5 cm³/mol. The summed E-state index contributed by atoms with van der Waals surface area (Å²) in [6, 6.07) is 0. The Hall–Kier alpha value is -1.72. The highest BCUT2D eigenvalue weighted by Gasteiger charge is 2.11. The Bertz CT molecular complexity index is 316. The van der Waals surface area contributed by atoms with Gasteiger partial charge in [-0.25, -0.2) is 9.78 Å². The van der Waals surface area contributed by atoms with Gasteiger partial charge in [-0.05, 0) is 0 Å². The number of rotatable bonds is 2. The first-order valence-corrected chi connectivity index (χ1v) is 2.95. The van der Waals surface area contributed by atoms with Crippen molar-refractivity contribution in [3.8, 4) is 5.88 Å². The molecule has 0 spiro atoms. The molecule has 5 nitrogen and oxygen atoms in total. The number of nitrogens with zero attached hydrogens (tertiary/aromatic N) is 2. The molecular formula is C6H5FN2O3. The Labute approximate surface area is 66.8 Å². The van der Waals surface area contributed by atoms with Crippen LogP contribution in [0.4, 0.5) is 4.39 Å². The zero-order valence-corrected chi connectivity index (χ0v) is 6.11. The van der Waals surface area contributed by atoms with E-state index in [-0.39, 0.29) is 5.88 Å². The maximum atomic E-state index is 12.6. The number of carbonyl (C=O) groups is 1. The van der Waals surface area contributed by atoms with Crippen LogP contribution in [0.3, 0.4) is 0 Å². The first-order chi connectivity index (χ1) is 5.65. The molecule has 0 aliphatic heterocycles. The van der Waals surface area contributed by atoms with E-state index in [9.17, 15) is 9.18 Å². The third kappa shape index (κ3) is 1.47. The Morgan fingerprint density at radius 1 is 1.75 bits per heavy atom. The van der Waals surface area contributed by atoms with Crippen molar-refractivity contribution in [1.82, 2.24) is 9.97 Å². The van der Waals surface area contributed by atoms with Gasteiger partial charge in [-0.15, -0.1) is 0 Å². The molecule has 0 atom stereocenters. The predicted octanol–water partition coefficient (Wildman–Crippen LogP) is 0.322. The lowest BCUT2D eigenvalue weighted by Crippen LogP contribution is -2.06. The summed E-state index contributed by atoms with van der Waals surface area (Å²) in [5, 5.41) is 8.39. The minimum atomic E-state index is -1.33. The highest BCUT2D eigenvalue weighted by molar-refractivity contribution is 5.83. The Morgan fingerprint density at radius 2 is 2.42 bits per heavy atom. The van der Waals surface area contributed by atoms with Crippen LogP contribution in [0.5, 0.6) is 5.88 Å². The van der Waals surface area contributed by atoms with Crippen molar-refractivity contribution < 1.29 is 19.0 Å². The lowest BCUT2D eigenvalue weighted by atomic mass is 10.5. The summed E-state index contributed by atoms with van der Waals surface area (Å²) >= 11 is 0. The fourth-order valence-corrected chi connectivity index (χ4v) is 0.598. The van der Waals surface area contributed by atoms with Crippen LogP contribution in [-0.4, -0.2) is 28.2 Å². The quantitative estimate of drug-likeness (QED) is 0.695. The number of halogens is 1. The van der Waals surface area contributed by atoms with Gasteiger partial charge >= 0.3 is 5.97 Å². The van der Waals surface area contributed by atoms with E-state index in [4.69, 9.17) is 5.11 Å². The van der Waals surface area contributed by atoms with Crippen LogP contribution in [0.15, 0.2) is 6.20 Å². The molecule has 0 aliphatic carbocycles. The molecule has 1 aromatic heterocycles. The Kier molecular flexibility index (Phi) is 2.18. The molecule has 0 unspecified atom stereocenters. The second kappa shape index (κ2) is 3.12. The molecule has 0 aliphatic rings. The fourth-order valence-electron chi connectivity index (χ4n) is 0.598. The van der Waals surface area contributed by atoms with Gasteiger partial charge in [-0.1, -0.05) is 0 Å². The summed E-state index contributed by atoms with van der Waals surface area (Å²) < 4.78 is 17.0. The molecule has 1 aromatic rings. The van der Waals surface area contributed by atoms with E-state index in [1.807, 2.05) is 0 Å². The molecule has 64 valence electrons. The van der Waals surface area contributed by atoms with Crippen LogP contribution in [-0.2, 0) is 0 Å². The zero-order chi connectivity index (χ0) is 9.14. The van der Waals surface area contributed by atoms with Gasteiger partial charge in [0.1, 0.15) is 0 Å². The standard InChI is InChI=1S/C6H5FN2O3/c1-12-5-3(7)2-8-4(9-5)6(10)11/h2H,1H3,(H,10,11). The van der Waals surface area contributed by atoms with Gasteiger partial charge in [0.05, 0.1) is 13.3 Å². The number of aromatic nitrogens is 2. The number of methoxy groups -OCH3 is 1. The molecule has 6 heteroatoms. The fraction of sp³-hybridized carbons (Fsp3) is 0.167. The number of hydrogen-bond donors (Lipinski definition) is 1. The van der Waals surface area contributed by atoms with Gasteiger partial charge in [0.25, 0.3) is 5.88 Å². The van der Waals surface area contributed by atoms with Crippen LogP contribution < -0.4 is 4.74 Å². The lowest BCUT2D eigenvalue weighted by Gasteiger charge is -1.99. The van der Waals surface area contributed by atoms with E-state index >= 15 is 0 Å². The van der Waals surface area contributed by atoms with Gasteiger partial charge in [0.2, 0.25) is 11.6 Å². The Balaban J connectivity index is 3.13. The SMILES string of the molecule is COc1nc(C(=O)O)ncc1F. The molecule has 0 radical (unpaired) electrons. The second-order valence-electron chi connectivity index (χ2n) is 1.86. The van der Waals surface area contributed by atoms with E-state index in [0.717, 1.165) is 6.20 Å². The number of carboxylic acid groups (broad SMARTS) is 1. The van der Waals surface area contributed by atoms with Crippen molar-refractivity contribution in [2.24, 2.45) is 0 Å². The molecule has 0 saturated carbocycles. The smallest absolute Gasteiger partial charge is 0.374 e. The molecule has 1 heterocycles. The van der Waals surface area contributed by atoms with Crippen LogP contribution in [0.2, 0.25) is 0 Å². The van der Waals surface area contributed by atoms with Crippen LogP contribution >= 0.6 is 0 Å². The molecule has 0 aromatic carbocycles. The van der Waals surface area contributed by atoms with Gasteiger partial charge in [0, 0.05) is 0 Å². The van der Waals surface area contributed by atoms with Gasteiger partial charge in [0.15, 0.2) is 0 Å². The van der Waals surface area contributed by atoms with Crippen LogP contribution in [0.25, 0.3) is 0 Å². The maximum absolute atomic E-state index is 12.6. The largest absolute Gasteiger partial charge is 0.479 e. The summed E-state index contributed by atoms with van der Waals surface area (Å²) in [4.78, 5) is 16.8. The summed E-state index contributed by atoms with van der Waals surface area (Å²) in [7, 11) is 1.19. The summed E-state index contributed by atoms with van der Waals surface area (Å²) in [5.41, 5.74) is 0. The van der Waals surface area contributed by atoms with Crippen molar-refractivity contribution in [1.29, 1.82) is 0 Å². The monoisotopic (exact) mass is 172 g/mol. The number of aromatic carboxylic acids is 1. The number of carboxylic acids is 1. The average molecular weight is 172 g/mol. The van der Waals surface area contributed by atoms with Crippen LogP contribution in [0.1, 0.15) is 10.6 Å². The molecule has 12 heavy (non-hydrogen) atoms. The third-order valence-corrected chi connectivity index (χ3v) is 1.10. The van der Waals surface area contributed by atoms with Gasteiger partial charge < -0.3 is 9.84 Å². The normalized spacial score (nSPS) is 9.50. The lowest BCUT2D eigenvalue weighted by molar-refractivity contribution is 0.0682. The topological polar surface area (TPSA) is 72.3 Å². The van der Waals surface area contributed by atoms with Crippen molar-refractivity contribution in [2.45, 2.75) is 0 Å². The zero-order valence-electron chi connectivity index (χ0n) is 6.11. The van der Waals surface area contributed by atoms with E-state index in [1.165, 1.54) is 7.11 Å². The van der Waals surface area contributed by atoms with Gasteiger partial charge in [-0.3, -0.25) is 0 Å². The van der Waals surface area contributed by atoms with Crippen molar-refractivity contribution in [3.63, 3.8) is 0 Å². The van der Waals surface area contributed by atoms with Gasteiger partial charge in [-0.2, -0.15) is 9.37 Å². The summed E-state index contributed by atoms with van der Waals surface area (Å²) in [5.74, 6) is -2.98. The molecule has 0 amide bonds.